The van der Waals surface area contributed by atoms with Crippen LogP contribution in [-0.4, -0.2) is 24.5 Å². The molecule has 0 saturated carbocycles. The molecule has 1 aliphatic heterocycles. The Bertz CT molecular complexity index is 453. The maximum atomic E-state index is 12.1. The Labute approximate surface area is 126 Å². The predicted molar refractivity (Wildman–Crippen MR) is 82.1 cm³/mol. The molecule has 1 aliphatic rings. The molecule has 0 radical (unpaired) electrons. The van der Waals surface area contributed by atoms with Gasteiger partial charge in [0.15, 0.2) is 0 Å². The summed E-state index contributed by atoms with van der Waals surface area (Å²) in [5.41, 5.74) is 0.559. The summed E-state index contributed by atoms with van der Waals surface area (Å²) < 4.78 is 1.03. The van der Waals surface area contributed by atoms with Crippen LogP contribution in [0.2, 0.25) is 5.02 Å². The number of carbonyl (C=O) groups excluding carboxylic acids is 1. The first-order valence-electron chi connectivity index (χ1n) is 6.05. The van der Waals surface area contributed by atoms with Crippen LogP contribution in [0, 0.1) is 3.57 Å². The van der Waals surface area contributed by atoms with Gasteiger partial charge in [-0.2, -0.15) is 0 Å². The van der Waals surface area contributed by atoms with Gasteiger partial charge in [-0.3, -0.25) is 4.79 Å². The van der Waals surface area contributed by atoms with Crippen molar-refractivity contribution in [2.24, 2.45) is 0 Å². The van der Waals surface area contributed by atoms with Gasteiger partial charge in [-0.05, 0) is 67.1 Å². The molecular formula is C13H16ClIN2O. The summed E-state index contributed by atoms with van der Waals surface area (Å²) in [5.74, 6) is -0.0736. The largest absolute Gasteiger partial charge is 0.349 e. The molecule has 0 bridgehead atoms. The summed E-state index contributed by atoms with van der Waals surface area (Å²) in [4.78, 5) is 12.1. The van der Waals surface area contributed by atoms with E-state index in [-0.39, 0.29) is 11.9 Å². The van der Waals surface area contributed by atoms with E-state index in [1.807, 2.05) is 12.1 Å². The number of benzene rings is 1. The highest BCUT2D eigenvalue weighted by Gasteiger charge is 2.21. The number of hydrogen-bond donors (Lipinski definition) is 2. The van der Waals surface area contributed by atoms with Crippen molar-refractivity contribution in [1.29, 1.82) is 0 Å². The van der Waals surface area contributed by atoms with Gasteiger partial charge in [0.05, 0.1) is 10.6 Å². The van der Waals surface area contributed by atoms with Crippen molar-refractivity contribution in [3.05, 3.63) is 32.4 Å². The number of halogens is 2. The number of rotatable bonds is 2. The van der Waals surface area contributed by atoms with Crippen LogP contribution in [0.4, 0.5) is 0 Å². The van der Waals surface area contributed by atoms with Crippen LogP contribution in [0.5, 0.6) is 0 Å². The topological polar surface area (TPSA) is 41.1 Å². The van der Waals surface area contributed by atoms with Gasteiger partial charge in [0.1, 0.15) is 0 Å². The van der Waals surface area contributed by atoms with E-state index < -0.39 is 0 Å². The Hall–Kier alpha value is -0.330. The van der Waals surface area contributed by atoms with Gasteiger partial charge >= 0.3 is 0 Å². The Morgan fingerprint density at radius 2 is 2.33 bits per heavy atom. The SMILES string of the molecule is CC1CC(NC(=O)c2ccc(I)cc2Cl)CCN1. The zero-order chi connectivity index (χ0) is 13.1. The van der Waals surface area contributed by atoms with Crippen molar-refractivity contribution >= 4 is 40.1 Å². The number of hydrogen-bond acceptors (Lipinski definition) is 2. The van der Waals surface area contributed by atoms with Crippen LogP contribution in [0.3, 0.4) is 0 Å². The fourth-order valence-corrected chi connectivity index (χ4v) is 3.14. The van der Waals surface area contributed by atoms with E-state index in [1.165, 1.54) is 0 Å². The molecule has 98 valence electrons. The first kappa shape index (κ1) is 14.1. The number of nitrogens with one attached hydrogen (secondary N) is 2. The van der Waals surface area contributed by atoms with E-state index in [0.717, 1.165) is 23.0 Å². The molecule has 2 N–H and O–H groups in total. The summed E-state index contributed by atoms with van der Waals surface area (Å²) in [6.45, 7) is 3.09. The fourth-order valence-electron chi connectivity index (χ4n) is 2.20. The van der Waals surface area contributed by atoms with Crippen molar-refractivity contribution in [2.45, 2.75) is 31.8 Å². The van der Waals surface area contributed by atoms with Crippen molar-refractivity contribution in [2.75, 3.05) is 6.54 Å². The van der Waals surface area contributed by atoms with Crippen molar-refractivity contribution < 1.29 is 4.79 Å². The van der Waals surface area contributed by atoms with E-state index >= 15 is 0 Å². The number of piperidine rings is 1. The molecule has 2 unspecified atom stereocenters. The lowest BCUT2D eigenvalue weighted by atomic mass is 10.0. The molecule has 1 amide bonds. The van der Waals surface area contributed by atoms with Gasteiger partial charge in [0.2, 0.25) is 0 Å². The van der Waals surface area contributed by atoms with E-state index in [1.54, 1.807) is 6.07 Å². The molecule has 5 heteroatoms. The molecule has 2 rings (SSSR count). The molecule has 1 fully saturated rings. The Morgan fingerprint density at radius 3 is 3.00 bits per heavy atom. The lowest BCUT2D eigenvalue weighted by Crippen LogP contribution is -2.46. The van der Waals surface area contributed by atoms with Crippen LogP contribution < -0.4 is 10.6 Å². The third-order valence-corrected chi connectivity index (χ3v) is 4.12. The highest BCUT2D eigenvalue weighted by Crippen LogP contribution is 2.19. The molecule has 1 aromatic carbocycles. The molecule has 2 atom stereocenters. The second-order valence-corrected chi connectivity index (χ2v) is 6.33. The van der Waals surface area contributed by atoms with E-state index in [0.29, 0.717) is 16.6 Å². The summed E-state index contributed by atoms with van der Waals surface area (Å²) in [5, 5.41) is 6.94. The second-order valence-electron chi connectivity index (χ2n) is 4.67. The highest BCUT2D eigenvalue weighted by molar-refractivity contribution is 14.1. The predicted octanol–water partition coefficient (Wildman–Crippen LogP) is 2.81. The Kier molecular flexibility index (Phi) is 4.86. The Balaban J connectivity index is 2.03. The maximum absolute atomic E-state index is 12.1. The smallest absolute Gasteiger partial charge is 0.253 e. The third-order valence-electron chi connectivity index (χ3n) is 3.13. The summed E-state index contributed by atoms with van der Waals surface area (Å²) in [7, 11) is 0. The minimum absolute atomic E-state index is 0.0736. The zero-order valence-corrected chi connectivity index (χ0v) is 13.1. The maximum Gasteiger partial charge on any atom is 0.253 e. The minimum atomic E-state index is -0.0736. The van der Waals surface area contributed by atoms with Crippen LogP contribution in [0.15, 0.2) is 18.2 Å². The second kappa shape index (κ2) is 6.21. The summed E-state index contributed by atoms with van der Waals surface area (Å²) >= 11 is 8.27. The third kappa shape index (κ3) is 3.59. The van der Waals surface area contributed by atoms with Gasteiger partial charge in [0, 0.05) is 15.7 Å². The van der Waals surface area contributed by atoms with Crippen LogP contribution >= 0.6 is 34.2 Å². The van der Waals surface area contributed by atoms with E-state index in [9.17, 15) is 4.79 Å². The highest BCUT2D eigenvalue weighted by atomic mass is 127. The molecule has 18 heavy (non-hydrogen) atoms. The van der Waals surface area contributed by atoms with Gasteiger partial charge in [-0.1, -0.05) is 11.6 Å². The molecule has 0 aliphatic carbocycles. The number of amides is 1. The molecule has 0 aromatic heterocycles. The number of carbonyl (C=O) groups is 1. The monoisotopic (exact) mass is 378 g/mol. The quantitative estimate of drug-likeness (QED) is 0.777. The molecule has 1 heterocycles. The van der Waals surface area contributed by atoms with Crippen LogP contribution in [-0.2, 0) is 0 Å². The van der Waals surface area contributed by atoms with Gasteiger partial charge < -0.3 is 10.6 Å². The van der Waals surface area contributed by atoms with E-state index in [2.05, 4.69) is 40.1 Å². The van der Waals surface area contributed by atoms with E-state index in [4.69, 9.17) is 11.6 Å². The van der Waals surface area contributed by atoms with Gasteiger partial charge in [-0.15, -0.1) is 0 Å². The zero-order valence-electron chi connectivity index (χ0n) is 10.2. The molecule has 3 nitrogen and oxygen atoms in total. The fraction of sp³-hybridized carbons (Fsp3) is 0.462. The van der Waals surface area contributed by atoms with Crippen molar-refractivity contribution in [3.63, 3.8) is 0 Å². The average Bonchev–Trinajstić information content (AvgIpc) is 2.28. The molecule has 0 spiro atoms. The van der Waals surface area contributed by atoms with Gasteiger partial charge in [-0.25, -0.2) is 0 Å². The standard InChI is InChI=1S/C13H16ClIN2O/c1-8-6-10(4-5-16-8)17-13(18)11-3-2-9(15)7-12(11)14/h2-3,7-8,10,16H,4-6H2,1H3,(H,17,18). The van der Waals surface area contributed by atoms with Crippen LogP contribution in [0.25, 0.3) is 0 Å². The first-order valence-corrected chi connectivity index (χ1v) is 7.51. The Morgan fingerprint density at radius 1 is 1.56 bits per heavy atom. The normalized spacial score (nSPS) is 23.7. The summed E-state index contributed by atoms with van der Waals surface area (Å²) in [6.07, 6.45) is 1.94. The van der Waals surface area contributed by atoms with Crippen molar-refractivity contribution in [1.82, 2.24) is 10.6 Å². The minimum Gasteiger partial charge on any atom is -0.349 e. The lowest BCUT2D eigenvalue weighted by Gasteiger charge is -2.28. The molecular weight excluding hydrogens is 363 g/mol. The molecule has 1 aromatic rings. The lowest BCUT2D eigenvalue weighted by molar-refractivity contribution is 0.0926. The average molecular weight is 379 g/mol. The molecule has 1 saturated heterocycles. The van der Waals surface area contributed by atoms with Crippen molar-refractivity contribution in [3.8, 4) is 0 Å². The van der Waals surface area contributed by atoms with Gasteiger partial charge in [0.25, 0.3) is 5.91 Å². The summed E-state index contributed by atoms with van der Waals surface area (Å²) in [6, 6.07) is 6.18. The first-order chi connectivity index (χ1) is 8.56. The van der Waals surface area contributed by atoms with Crippen LogP contribution in [0.1, 0.15) is 30.1 Å².